The SMILES string of the molecule is CN=C(NCCNC(=O)OC(C)(C)C)N1CCC2(CCCC2)C1.I. The van der Waals surface area contributed by atoms with E-state index in [2.05, 4.69) is 20.5 Å². The maximum absolute atomic E-state index is 11.6. The van der Waals surface area contributed by atoms with Crippen LogP contribution < -0.4 is 10.6 Å². The van der Waals surface area contributed by atoms with Gasteiger partial charge in [-0.15, -0.1) is 24.0 Å². The van der Waals surface area contributed by atoms with E-state index in [9.17, 15) is 4.79 Å². The molecule has 24 heavy (non-hydrogen) atoms. The Balaban J connectivity index is 0.00000288. The van der Waals surface area contributed by atoms with Gasteiger partial charge in [-0.25, -0.2) is 4.79 Å². The summed E-state index contributed by atoms with van der Waals surface area (Å²) in [5.41, 5.74) is 0.0745. The van der Waals surface area contributed by atoms with Crippen LogP contribution in [-0.2, 0) is 4.74 Å². The van der Waals surface area contributed by atoms with E-state index in [0.29, 0.717) is 18.5 Å². The third-order valence-electron chi connectivity index (χ3n) is 4.69. The average Bonchev–Trinajstić information content (AvgIpc) is 3.08. The number of rotatable bonds is 3. The number of nitrogens with zero attached hydrogens (tertiary/aromatic N) is 2. The molecule has 0 unspecified atom stereocenters. The molecular formula is C17H33IN4O2. The van der Waals surface area contributed by atoms with Gasteiger partial charge in [0, 0.05) is 33.2 Å². The lowest BCUT2D eigenvalue weighted by molar-refractivity contribution is 0.0529. The summed E-state index contributed by atoms with van der Waals surface area (Å²) < 4.78 is 5.22. The van der Waals surface area contributed by atoms with E-state index in [4.69, 9.17) is 4.74 Å². The zero-order chi connectivity index (χ0) is 16.9. The Kier molecular flexibility index (Phi) is 8.08. The predicted molar refractivity (Wildman–Crippen MR) is 108 cm³/mol. The number of hydrogen-bond donors (Lipinski definition) is 2. The molecule has 1 saturated carbocycles. The molecule has 0 radical (unpaired) electrons. The zero-order valence-corrected chi connectivity index (χ0v) is 17.8. The fourth-order valence-corrected chi connectivity index (χ4v) is 3.63. The molecule has 0 bridgehead atoms. The summed E-state index contributed by atoms with van der Waals surface area (Å²) in [7, 11) is 1.82. The second-order valence-electron chi connectivity index (χ2n) is 7.78. The monoisotopic (exact) mass is 452 g/mol. The Labute approximate surface area is 163 Å². The first-order valence-corrected chi connectivity index (χ1v) is 8.76. The fraction of sp³-hybridized carbons (Fsp3) is 0.882. The number of nitrogens with one attached hydrogen (secondary N) is 2. The number of amides is 1. The Morgan fingerprint density at radius 3 is 2.38 bits per heavy atom. The average molecular weight is 452 g/mol. The van der Waals surface area contributed by atoms with Gasteiger partial charge in [0.2, 0.25) is 0 Å². The number of likely N-dealkylation sites (tertiary alicyclic amines) is 1. The van der Waals surface area contributed by atoms with E-state index >= 15 is 0 Å². The molecule has 1 saturated heterocycles. The molecule has 0 aromatic heterocycles. The van der Waals surface area contributed by atoms with Crippen molar-refractivity contribution in [2.24, 2.45) is 10.4 Å². The van der Waals surface area contributed by atoms with Crippen LogP contribution in [0.25, 0.3) is 0 Å². The number of guanidine groups is 1. The second kappa shape index (κ2) is 9.10. The molecule has 6 nitrogen and oxygen atoms in total. The first-order valence-electron chi connectivity index (χ1n) is 8.76. The van der Waals surface area contributed by atoms with Gasteiger partial charge in [0.25, 0.3) is 0 Å². The molecule has 2 fully saturated rings. The number of alkyl carbamates (subject to hydrolysis) is 1. The van der Waals surface area contributed by atoms with Crippen molar-refractivity contribution in [1.29, 1.82) is 0 Å². The van der Waals surface area contributed by atoms with Crippen LogP contribution in [0.5, 0.6) is 0 Å². The maximum Gasteiger partial charge on any atom is 0.407 e. The molecule has 1 aliphatic carbocycles. The number of carbonyl (C=O) groups is 1. The summed E-state index contributed by atoms with van der Waals surface area (Å²) in [6.07, 6.45) is 6.38. The molecule has 1 heterocycles. The molecule has 2 N–H and O–H groups in total. The summed E-state index contributed by atoms with van der Waals surface area (Å²) in [5, 5.41) is 6.10. The third kappa shape index (κ3) is 6.29. The molecule has 0 aromatic carbocycles. The number of ether oxygens (including phenoxy) is 1. The second-order valence-corrected chi connectivity index (χ2v) is 7.78. The molecule has 1 amide bonds. The van der Waals surface area contributed by atoms with E-state index in [1.165, 1.54) is 32.1 Å². The Morgan fingerprint density at radius 2 is 1.79 bits per heavy atom. The van der Waals surface area contributed by atoms with Crippen LogP contribution in [-0.4, -0.2) is 55.8 Å². The summed E-state index contributed by atoms with van der Waals surface area (Å²) in [4.78, 5) is 18.3. The molecule has 0 aromatic rings. The quantitative estimate of drug-likeness (QED) is 0.299. The van der Waals surface area contributed by atoms with Gasteiger partial charge in [0.1, 0.15) is 5.60 Å². The van der Waals surface area contributed by atoms with Crippen molar-refractivity contribution in [3.05, 3.63) is 0 Å². The smallest absolute Gasteiger partial charge is 0.407 e. The van der Waals surface area contributed by atoms with Gasteiger partial charge in [-0.1, -0.05) is 12.8 Å². The van der Waals surface area contributed by atoms with Gasteiger partial charge in [-0.05, 0) is 45.4 Å². The number of halogens is 1. The molecule has 1 aliphatic heterocycles. The van der Waals surface area contributed by atoms with Gasteiger partial charge in [-0.2, -0.15) is 0 Å². The fourth-order valence-electron chi connectivity index (χ4n) is 3.63. The highest BCUT2D eigenvalue weighted by Crippen LogP contribution is 2.45. The normalized spacial score (nSPS) is 20.0. The van der Waals surface area contributed by atoms with Crippen molar-refractivity contribution >= 4 is 36.0 Å². The molecule has 0 atom stereocenters. The van der Waals surface area contributed by atoms with Gasteiger partial charge in [0.15, 0.2) is 5.96 Å². The lowest BCUT2D eigenvalue weighted by Gasteiger charge is -2.26. The number of carbonyl (C=O) groups excluding carboxylic acids is 1. The van der Waals surface area contributed by atoms with Crippen LogP contribution in [0, 0.1) is 5.41 Å². The Bertz CT molecular complexity index is 442. The first-order chi connectivity index (χ1) is 10.8. The topological polar surface area (TPSA) is 66.0 Å². The molecule has 2 aliphatic rings. The van der Waals surface area contributed by atoms with E-state index in [0.717, 1.165) is 19.0 Å². The van der Waals surface area contributed by atoms with Crippen molar-refractivity contribution in [3.63, 3.8) is 0 Å². The van der Waals surface area contributed by atoms with E-state index in [-0.39, 0.29) is 30.1 Å². The summed E-state index contributed by atoms with van der Waals surface area (Å²) in [6, 6.07) is 0. The van der Waals surface area contributed by atoms with Crippen molar-refractivity contribution in [1.82, 2.24) is 15.5 Å². The van der Waals surface area contributed by atoms with E-state index < -0.39 is 5.60 Å². The molecule has 2 rings (SSSR count). The minimum atomic E-state index is -0.460. The summed E-state index contributed by atoms with van der Waals surface area (Å²) in [5.74, 6) is 0.944. The van der Waals surface area contributed by atoms with E-state index in [1.807, 2.05) is 27.8 Å². The number of aliphatic imine (C=N–C) groups is 1. The summed E-state index contributed by atoms with van der Waals surface area (Å²) >= 11 is 0. The van der Waals surface area contributed by atoms with Crippen molar-refractivity contribution in [3.8, 4) is 0 Å². The minimum absolute atomic E-state index is 0. The van der Waals surface area contributed by atoms with Gasteiger partial charge >= 0.3 is 6.09 Å². The predicted octanol–water partition coefficient (Wildman–Crippen LogP) is 2.97. The summed E-state index contributed by atoms with van der Waals surface area (Å²) in [6.45, 7) is 8.95. The van der Waals surface area contributed by atoms with Gasteiger partial charge < -0.3 is 20.3 Å². The van der Waals surface area contributed by atoms with Crippen molar-refractivity contribution in [2.45, 2.75) is 58.5 Å². The highest BCUT2D eigenvalue weighted by molar-refractivity contribution is 14.0. The maximum atomic E-state index is 11.6. The van der Waals surface area contributed by atoms with Gasteiger partial charge in [0.05, 0.1) is 0 Å². The van der Waals surface area contributed by atoms with Crippen LogP contribution in [0.15, 0.2) is 4.99 Å². The Hall–Kier alpha value is -0.730. The molecule has 140 valence electrons. The van der Waals surface area contributed by atoms with Crippen LogP contribution >= 0.6 is 24.0 Å². The lowest BCUT2D eigenvalue weighted by Crippen LogP contribution is -2.44. The standard InChI is InChI=1S/C17H32N4O2.HI/c1-16(2,3)23-15(22)20-11-10-19-14(18-4)21-12-9-17(13-21)7-5-6-8-17;/h5-13H2,1-4H3,(H,18,19)(H,20,22);1H. The molecule has 7 heteroatoms. The van der Waals surface area contributed by atoms with Gasteiger partial charge in [-0.3, -0.25) is 4.99 Å². The molecule has 1 spiro atoms. The highest BCUT2D eigenvalue weighted by Gasteiger charge is 2.40. The molecular weight excluding hydrogens is 419 g/mol. The lowest BCUT2D eigenvalue weighted by atomic mass is 9.86. The first kappa shape index (κ1) is 21.3. The minimum Gasteiger partial charge on any atom is -0.444 e. The van der Waals surface area contributed by atoms with Crippen LogP contribution in [0.1, 0.15) is 52.9 Å². The highest BCUT2D eigenvalue weighted by atomic mass is 127. The van der Waals surface area contributed by atoms with E-state index in [1.54, 1.807) is 0 Å². The van der Waals surface area contributed by atoms with Crippen LogP contribution in [0.3, 0.4) is 0 Å². The van der Waals surface area contributed by atoms with Crippen molar-refractivity contribution in [2.75, 3.05) is 33.2 Å². The van der Waals surface area contributed by atoms with Crippen molar-refractivity contribution < 1.29 is 9.53 Å². The Morgan fingerprint density at radius 1 is 1.17 bits per heavy atom. The van der Waals surface area contributed by atoms with Crippen LogP contribution in [0.4, 0.5) is 4.79 Å². The number of hydrogen-bond acceptors (Lipinski definition) is 3. The van der Waals surface area contributed by atoms with Crippen LogP contribution in [0.2, 0.25) is 0 Å². The largest absolute Gasteiger partial charge is 0.444 e. The third-order valence-corrected chi connectivity index (χ3v) is 4.69. The zero-order valence-electron chi connectivity index (χ0n) is 15.5.